The molecule has 0 bridgehead atoms. The first-order valence-electron chi connectivity index (χ1n) is 14.6. The van der Waals surface area contributed by atoms with Crippen LogP contribution in [-0.4, -0.2) is 127 Å². The fourth-order valence-corrected chi connectivity index (χ4v) is 3.69. The molecule has 4 N–H and O–H groups in total. The Morgan fingerprint density at radius 3 is 1.38 bits per heavy atom. The molecule has 0 rings (SSSR count). The molecule has 0 aliphatic heterocycles. The molecule has 280 valence electrons. The molecular weight excluding hydrogens is 684 g/mol. The van der Waals surface area contributed by atoms with Gasteiger partial charge in [0.2, 0.25) is 11.8 Å². The Kier molecular flexibility index (Phi) is 20.0. The number of ether oxygens (including phenoxy) is 7. The van der Waals surface area contributed by atoms with Crippen LogP contribution in [0.1, 0.15) is 59.3 Å². The Bertz CT molecular complexity index is 1220. The number of rotatable bonds is 25. The van der Waals surface area contributed by atoms with Crippen LogP contribution in [-0.2, 0) is 85.9 Å². The van der Waals surface area contributed by atoms with Gasteiger partial charge in [-0.25, -0.2) is 19.2 Å². The molecule has 0 aromatic rings. The maximum Gasteiger partial charge on any atom is 0.420 e. The van der Waals surface area contributed by atoms with Gasteiger partial charge in [-0.1, -0.05) is 13.8 Å². The van der Waals surface area contributed by atoms with Crippen LogP contribution < -0.4 is 10.6 Å². The lowest BCUT2D eigenvalue weighted by atomic mass is 10.1. The monoisotopic (exact) mass is 722 g/mol. The Labute approximate surface area is 283 Å². The van der Waals surface area contributed by atoms with Crippen molar-refractivity contribution in [2.24, 2.45) is 0 Å². The van der Waals surface area contributed by atoms with Gasteiger partial charge in [0.1, 0.15) is 38.3 Å². The fraction of sp³-hybridized carbons (Fsp3) is 0.607. The molecule has 0 radical (unpaired) electrons. The van der Waals surface area contributed by atoms with Crippen molar-refractivity contribution < 1.29 is 96.1 Å². The van der Waals surface area contributed by atoms with E-state index in [2.05, 4.69) is 29.6 Å². The lowest BCUT2D eigenvalue weighted by Crippen LogP contribution is -2.44. The molecule has 22 nitrogen and oxygen atoms in total. The zero-order chi connectivity index (χ0) is 38.3. The smallest absolute Gasteiger partial charge is 0.420 e. The minimum absolute atomic E-state index is 0.00758. The van der Waals surface area contributed by atoms with Crippen molar-refractivity contribution in [1.82, 2.24) is 10.6 Å². The number of carboxylic acids is 2. The summed E-state index contributed by atoms with van der Waals surface area (Å²) in [5.41, 5.74) is -1.71. The van der Waals surface area contributed by atoms with Crippen LogP contribution in [0.4, 0.5) is 0 Å². The van der Waals surface area contributed by atoms with E-state index in [1.165, 1.54) is 13.8 Å². The third-order valence-corrected chi connectivity index (χ3v) is 6.02. The third-order valence-electron chi connectivity index (χ3n) is 6.02. The number of amides is 2. The van der Waals surface area contributed by atoms with Crippen molar-refractivity contribution in [2.45, 2.75) is 82.9 Å². The largest absolute Gasteiger partial charge is 0.481 e. The predicted octanol–water partition coefficient (Wildman–Crippen LogP) is -2.35. The van der Waals surface area contributed by atoms with Crippen LogP contribution in [0.2, 0.25) is 0 Å². The molecule has 0 fully saturated rings. The van der Waals surface area contributed by atoms with E-state index < -0.39 is 110 Å². The van der Waals surface area contributed by atoms with Crippen LogP contribution in [0.3, 0.4) is 0 Å². The molecule has 0 spiro atoms. The molecule has 22 heteroatoms. The summed E-state index contributed by atoms with van der Waals surface area (Å²) in [6.07, 6.45) is -5.72. The number of carboxylic acid groups (broad SMARTS) is 2. The number of aliphatic carboxylic acids is 2. The van der Waals surface area contributed by atoms with Crippen molar-refractivity contribution in [3.63, 3.8) is 0 Å². The summed E-state index contributed by atoms with van der Waals surface area (Å²) in [7, 11) is 0. The summed E-state index contributed by atoms with van der Waals surface area (Å²) < 4.78 is 32.8. The van der Waals surface area contributed by atoms with Crippen molar-refractivity contribution in [3.8, 4) is 0 Å². The van der Waals surface area contributed by atoms with Crippen molar-refractivity contribution >= 4 is 67.0 Å². The standard InChI is InChI=1S/C28H38N2O20/c1-4-17(47-23(40)25(42)49-27(3,12-44-14-31)13-45-15-32)8-19(34)29-6-7-30-20(35)9-18(5-2)48-24(41)26(43)50-28(46-16-33,10-21(36)37)11-22(38)39/h14-18H,4-13H2,1-3H3,(H,29,34)(H,30,35)(H,36,37)(H,38,39). The van der Waals surface area contributed by atoms with Gasteiger partial charge >= 0.3 is 35.8 Å². The molecule has 2 atom stereocenters. The number of carbonyl (C=O) groups excluding carboxylic acids is 9. The number of nitrogens with one attached hydrogen (secondary N) is 2. The molecule has 0 saturated heterocycles. The third kappa shape index (κ3) is 17.9. The first kappa shape index (κ1) is 44.2. The number of hydrogen-bond acceptors (Lipinski definition) is 18. The average molecular weight is 723 g/mol. The summed E-state index contributed by atoms with van der Waals surface area (Å²) in [5, 5.41) is 22.8. The highest BCUT2D eigenvalue weighted by Crippen LogP contribution is 2.23. The number of hydrogen-bond donors (Lipinski definition) is 4. The predicted molar refractivity (Wildman–Crippen MR) is 155 cm³/mol. The van der Waals surface area contributed by atoms with Crippen molar-refractivity contribution in [2.75, 3.05) is 26.3 Å². The molecule has 0 saturated carbocycles. The Morgan fingerprint density at radius 2 is 1.04 bits per heavy atom. The quantitative estimate of drug-likeness (QED) is 0.0191. The maximum absolute atomic E-state index is 12.3. The van der Waals surface area contributed by atoms with Crippen LogP contribution in [0.25, 0.3) is 0 Å². The SMILES string of the molecule is CCC(CC(=O)NCCNC(=O)CC(CC)OC(=O)C(=O)OC(CC(=O)O)(CC(=O)O)OC=O)OC(=O)C(=O)OC(C)(COC=O)COC=O. The van der Waals surface area contributed by atoms with Gasteiger partial charge in [-0.3, -0.25) is 33.6 Å². The molecule has 50 heavy (non-hydrogen) atoms. The van der Waals surface area contributed by atoms with Gasteiger partial charge in [0.25, 0.3) is 25.2 Å². The molecule has 0 aromatic carbocycles. The second-order valence-electron chi connectivity index (χ2n) is 10.3. The average Bonchev–Trinajstić information content (AvgIpc) is 3.03. The minimum Gasteiger partial charge on any atom is -0.481 e. The van der Waals surface area contributed by atoms with Crippen molar-refractivity contribution in [1.29, 1.82) is 0 Å². The van der Waals surface area contributed by atoms with Gasteiger partial charge in [-0.05, 0) is 19.8 Å². The minimum atomic E-state index is -2.85. The number of carbonyl (C=O) groups is 11. The van der Waals surface area contributed by atoms with Crippen LogP contribution in [0.5, 0.6) is 0 Å². The first-order chi connectivity index (χ1) is 23.5. The zero-order valence-electron chi connectivity index (χ0n) is 27.2. The first-order valence-corrected chi connectivity index (χ1v) is 14.6. The number of esters is 4. The fourth-order valence-electron chi connectivity index (χ4n) is 3.69. The molecule has 0 aliphatic rings. The normalized spacial score (nSPS) is 12.0. The molecule has 2 unspecified atom stereocenters. The summed E-state index contributed by atoms with van der Waals surface area (Å²) in [6, 6.07) is 0. The van der Waals surface area contributed by atoms with Crippen LogP contribution >= 0.6 is 0 Å². The van der Waals surface area contributed by atoms with E-state index in [1.54, 1.807) is 6.92 Å². The lowest BCUT2D eigenvalue weighted by Gasteiger charge is -2.28. The van der Waals surface area contributed by atoms with Gasteiger partial charge < -0.3 is 54.0 Å². The van der Waals surface area contributed by atoms with Gasteiger partial charge in [0.05, 0.1) is 12.8 Å². The highest BCUT2D eigenvalue weighted by molar-refractivity contribution is 6.30. The molecule has 0 aliphatic carbocycles. The molecule has 2 amide bonds. The van der Waals surface area contributed by atoms with Gasteiger partial charge in [0.15, 0.2) is 5.60 Å². The molecular formula is C28H38N2O20. The van der Waals surface area contributed by atoms with Gasteiger partial charge in [-0.2, -0.15) is 0 Å². The second kappa shape index (κ2) is 22.7. The Morgan fingerprint density at radius 1 is 0.640 bits per heavy atom. The van der Waals surface area contributed by atoms with E-state index in [-0.39, 0.29) is 45.3 Å². The highest BCUT2D eigenvalue weighted by atomic mass is 16.7. The Hall–Kier alpha value is -5.83. The van der Waals surface area contributed by atoms with E-state index in [4.69, 9.17) is 24.4 Å². The van der Waals surface area contributed by atoms with E-state index in [0.29, 0.717) is 0 Å². The second-order valence-corrected chi connectivity index (χ2v) is 10.3. The van der Waals surface area contributed by atoms with E-state index in [0.717, 1.165) is 0 Å². The lowest BCUT2D eigenvalue weighted by molar-refractivity contribution is -0.231. The summed E-state index contributed by atoms with van der Waals surface area (Å²) in [4.78, 5) is 127. The Balaban J connectivity index is 4.89. The van der Waals surface area contributed by atoms with E-state index in [1.807, 2.05) is 0 Å². The van der Waals surface area contributed by atoms with Gasteiger partial charge in [-0.15, -0.1) is 0 Å². The summed E-state index contributed by atoms with van der Waals surface area (Å²) in [6.45, 7) is 2.60. The van der Waals surface area contributed by atoms with Crippen LogP contribution in [0, 0.1) is 0 Å². The zero-order valence-corrected chi connectivity index (χ0v) is 27.2. The summed E-state index contributed by atoms with van der Waals surface area (Å²) >= 11 is 0. The summed E-state index contributed by atoms with van der Waals surface area (Å²) in [5.74, 6) is -14.3. The van der Waals surface area contributed by atoms with Crippen molar-refractivity contribution in [3.05, 3.63) is 0 Å². The highest BCUT2D eigenvalue weighted by Gasteiger charge is 2.44. The molecule has 0 heterocycles. The van der Waals surface area contributed by atoms with Gasteiger partial charge in [0, 0.05) is 13.1 Å². The maximum atomic E-state index is 12.3. The molecule has 0 aromatic heterocycles. The van der Waals surface area contributed by atoms with E-state index in [9.17, 15) is 52.7 Å². The van der Waals surface area contributed by atoms with Crippen LogP contribution in [0.15, 0.2) is 0 Å². The van der Waals surface area contributed by atoms with E-state index >= 15 is 0 Å². The topological polar surface area (TPSA) is 317 Å².